The molecule has 2 aliphatic rings. The van der Waals surface area contributed by atoms with Crippen molar-refractivity contribution in [2.75, 3.05) is 0 Å². The van der Waals surface area contributed by atoms with Gasteiger partial charge >= 0.3 is 0 Å². The molecule has 144 valence electrons. The molecular formula is C24H38OSi. The van der Waals surface area contributed by atoms with Crippen LogP contribution in [0.5, 0.6) is 0 Å². The Kier molecular flexibility index (Phi) is 6.71. The zero-order valence-corrected chi connectivity index (χ0v) is 19.2. The van der Waals surface area contributed by atoms with Gasteiger partial charge in [-0.3, -0.25) is 4.79 Å². The molecule has 0 amide bonds. The van der Waals surface area contributed by atoms with Crippen molar-refractivity contribution in [1.29, 1.82) is 0 Å². The largest absolute Gasteiger partial charge is 0.295 e. The van der Waals surface area contributed by atoms with Crippen LogP contribution in [0, 0.1) is 0 Å². The predicted octanol–water partition coefficient (Wildman–Crippen LogP) is 7.48. The van der Waals surface area contributed by atoms with Gasteiger partial charge in [0.25, 0.3) is 0 Å². The van der Waals surface area contributed by atoms with Crippen molar-refractivity contribution in [2.24, 2.45) is 0 Å². The first-order chi connectivity index (χ1) is 12.2. The van der Waals surface area contributed by atoms with Gasteiger partial charge in [0, 0.05) is 5.57 Å². The number of carbonyl (C=O) groups excluding carboxylic acids is 1. The van der Waals surface area contributed by atoms with Crippen LogP contribution in [0.4, 0.5) is 0 Å². The van der Waals surface area contributed by atoms with E-state index in [1.54, 1.807) is 12.5 Å². The zero-order chi connectivity index (χ0) is 19.6. The van der Waals surface area contributed by atoms with Gasteiger partial charge in [0.05, 0.1) is 8.07 Å². The van der Waals surface area contributed by atoms with Gasteiger partial charge in [0.15, 0.2) is 5.78 Å². The van der Waals surface area contributed by atoms with Gasteiger partial charge in [0.1, 0.15) is 0 Å². The van der Waals surface area contributed by atoms with Gasteiger partial charge in [0.2, 0.25) is 0 Å². The summed E-state index contributed by atoms with van der Waals surface area (Å²) < 4.78 is 0. The number of hydrogen-bond donors (Lipinski definition) is 0. The van der Waals surface area contributed by atoms with Crippen LogP contribution in [0.15, 0.2) is 45.7 Å². The molecule has 0 aromatic heterocycles. The van der Waals surface area contributed by atoms with Gasteiger partial charge in [-0.15, -0.1) is 0 Å². The fraction of sp³-hybridized carbons (Fsp3) is 0.625. The van der Waals surface area contributed by atoms with E-state index in [1.165, 1.54) is 42.4 Å². The van der Waals surface area contributed by atoms with Crippen molar-refractivity contribution in [1.82, 2.24) is 0 Å². The van der Waals surface area contributed by atoms with Gasteiger partial charge in [-0.05, 0) is 78.4 Å². The highest BCUT2D eigenvalue weighted by Gasteiger charge is 2.42. The van der Waals surface area contributed by atoms with Crippen LogP contribution in [0.2, 0.25) is 16.6 Å². The van der Waals surface area contributed by atoms with Gasteiger partial charge in [-0.25, -0.2) is 0 Å². The molecule has 0 atom stereocenters. The van der Waals surface area contributed by atoms with Crippen LogP contribution >= 0.6 is 0 Å². The van der Waals surface area contributed by atoms with E-state index in [1.807, 2.05) is 13.0 Å². The van der Waals surface area contributed by atoms with Crippen molar-refractivity contribution in [3.05, 3.63) is 45.7 Å². The maximum atomic E-state index is 12.3. The Hall–Kier alpha value is -1.15. The molecule has 0 spiro atoms. The van der Waals surface area contributed by atoms with E-state index < -0.39 is 8.07 Å². The molecule has 0 aromatic rings. The summed E-state index contributed by atoms with van der Waals surface area (Å²) >= 11 is 0. The first-order valence-electron chi connectivity index (χ1n) is 10.5. The molecule has 0 radical (unpaired) electrons. The second kappa shape index (κ2) is 8.25. The van der Waals surface area contributed by atoms with Crippen LogP contribution in [-0.4, -0.2) is 13.9 Å². The lowest BCUT2D eigenvalue weighted by Crippen LogP contribution is -2.43. The monoisotopic (exact) mass is 370 g/mol. The Bertz CT molecular complexity index is 661. The summed E-state index contributed by atoms with van der Waals surface area (Å²) in [5.74, 6) is 0.190. The number of carbonyl (C=O) groups is 1. The van der Waals surface area contributed by atoms with Crippen molar-refractivity contribution in [3.63, 3.8) is 0 Å². The Morgan fingerprint density at radius 2 is 1.54 bits per heavy atom. The molecule has 0 heterocycles. The minimum Gasteiger partial charge on any atom is -0.295 e. The molecule has 0 aromatic carbocycles. The molecule has 0 unspecified atom stereocenters. The average molecular weight is 371 g/mol. The van der Waals surface area contributed by atoms with E-state index in [2.05, 4.69) is 53.3 Å². The van der Waals surface area contributed by atoms with Crippen molar-refractivity contribution in [2.45, 2.75) is 97.7 Å². The molecule has 0 N–H and O–H groups in total. The normalized spacial score (nSPS) is 20.5. The SMILES string of the molecule is C/C=C(\C(C)=O)C1=CC2=C(CCCC2)/C1=C\[Si](C(C)C)(C(C)C)C(C)C. The molecule has 26 heavy (non-hydrogen) atoms. The Morgan fingerprint density at radius 3 is 2.00 bits per heavy atom. The van der Waals surface area contributed by atoms with E-state index in [0.29, 0.717) is 16.6 Å². The van der Waals surface area contributed by atoms with Crippen molar-refractivity contribution < 1.29 is 4.79 Å². The van der Waals surface area contributed by atoms with E-state index in [-0.39, 0.29) is 5.78 Å². The molecule has 1 nitrogen and oxygen atoms in total. The highest BCUT2D eigenvalue weighted by Crippen LogP contribution is 2.48. The average Bonchev–Trinajstić information content (AvgIpc) is 2.89. The summed E-state index contributed by atoms with van der Waals surface area (Å²) in [6.45, 7) is 18.2. The highest BCUT2D eigenvalue weighted by molar-refractivity contribution is 6.88. The van der Waals surface area contributed by atoms with Crippen LogP contribution < -0.4 is 0 Å². The molecule has 0 saturated carbocycles. The topological polar surface area (TPSA) is 17.1 Å². The fourth-order valence-corrected chi connectivity index (χ4v) is 11.3. The maximum absolute atomic E-state index is 12.3. The Balaban J connectivity index is 2.71. The first-order valence-corrected chi connectivity index (χ1v) is 12.8. The number of Topliss-reactive ketones (excluding diaryl/α,β-unsaturated/α-hetero) is 1. The molecule has 0 aliphatic heterocycles. The standard InChI is InChI=1S/C24H38OSi/c1-9-21(19(8)25)23-14-20-12-10-11-13-22(20)24(23)15-26(16(2)3,17(4)5)18(6)7/h9,14-18H,10-13H2,1-8H3/b21-9+,24-15+. The smallest absolute Gasteiger partial charge is 0.160 e. The lowest BCUT2D eigenvalue weighted by Gasteiger charge is -2.41. The first kappa shape index (κ1) is 21.2. The summed E-state index contributed by atoms with van der Waals surface area (Å²) in [5.41, 5.74) is 11.4. The summed E-state index contributed by atoms with van der Waals surface area (Å²) in [6.07, 6.45) is 9.27. The molecule has 0 saturated heterocycles. The number of rotatable bonds is 6. The van der Waals surface area contributed by atoms with Gasteiger partial charge in [-0.2, -0.15) is 0 Å². The fourth-order valence-electron chi connectivity index (χ4n) is 5.50. The maximum Gasteiger partial charge on any atom is 0.160 e. The molecule has 0 fully saturated rings. The predicted molar refractivity (Wildman–Crippen MR) is 117 cm³/mol. The van der Waals surface area contributed by atoms with E-state index in [4.69, 9.17) is 0 Å². The van der Waals surface area contributed by atoms with E-state index in [9.17, 15) is 4.79 Å². The summed E-state index contributed by atoms with van der Waals surface area (Å²) in [5, 5.41) is 0. The molecule has 2 heteroatoms. The van der Waals surface area contributed by atoms with Crippen LogP contribution in [0.1, 0.15) is 81.1 Å². The zero-order valence-electron chi connectivity index (χ0n) is 18.2. The summed E-state index contributed by atoms with van der Waals surface area (Å²) in [7, 11) is -1.68. The number of allylic oxidation sites excluding steroid dienone is 7. The lowest BCUT2D eigenvalue weighted by atomic mass is 9.90. The minimum atomic E-state index is -1.68. The second-order valence-corrected chi connectivity index (χ2v) is 14.8. The summed E-state index contributed by atoms with van der Waals surface area (Å²) in [4.78, 5) is 12.3. The highest BCUT2D eigenvalue weighted by atomic mass is 28.3. The van der Waals surface area contributed by atoms with Gasteiger partial charge < -0.3 is 0 Å². The Morgan fingerprint density at radius 1 is 1.00 bits per heavy atom. The number of hydrogen-bond acceptors (Lipinski definition) is 1. The van der Waals surface area contributed by atoms with Gasteiger partial charge in [-0.1, -0.05) is 59.4 Å². The third-order valence-corrected chi connectivity index (χ3v) is 13.6. The molecule has 2 rings (SSSR count). The molecule has 0 bridgehead atoms. The van der Waals surface area contributed by atoms with Crippen LogP contribution in [-0.2, 0) is 4.79 Å². The molecule has 2 aliphatic carbocycles. The second-order valence-electron chi connectivity index (χ2n) is 9.05. The van der Waals surface area contributed by atoms with Crippen molar-refractivity contribution in [3.8, 4) is 0 Å². The molecular weight excluding hydrogens is 332 g/mol. The summed E-state index contributed by atoms with van der Waals surface area (Å²) in [6, 6.07) is 0. The van der Waals surface area contributed by atoms with Crippen molar-refractivity contribution >= 4 is 13.9 Å². The quantitative estimate of drug-likeness (QED) is 0.350. The third kappa shape index (κ3) is 3.62. The van der Waals surface area contributed by atoms with Crippen LogP contribution in [0.25, 0.3) is 0 Å². The Labute approximate surface area is 162 Å². The van der Waals surface area contributed by atoms with E-state index in [0.717, 1.165) is 5.57 Å². The number of ketones is 1. The minimum absolute atomic E-state index is 0.190. The van der Waals surface area contributed by atoms with E-state index >= 15 is 0 Å². The van der Waals surface area contributed by atoms with Crippen LogP contribution in [0.3, 0.4) is 0 Å². The lowest BCUT2D eigenvalue weighted by molar-refractivity contribution is -0.113. The third-order valence-electron chi connectivity index (χ3n) is 6.80.